The lowest BCUT2D eigenvalue weighted by Crippen LogP contribution is -2.47. The van der Waals surface area contributed by atoms with E-state index in [2.05, 4.69) is 42.3 Å². The van der Waals surface area contributed by atoms with Gasteiger partial charge in [0, 0.05) is 39.4 Å². The number of hydrogen-bond donors (Lipinski definition) is 2. The average Bonchev–Trinajstić information content (AvgIpc) is 2.66. The van der Waals surface area contributed by atoms with Gasteiger partial charge in [-0.25, -0.2) is 0 Å². The van der Waals surface area contributed by atoms with Crippen molar-refractivity contribution < 1.29 is 14.3 Å². The van der Waals surface area contributed by atoms with E-state index in [1.165, 1.54) is 5.56 Å². The van der Waals surface area contributed by atoms with Gasteiger partial charge < -0.3 is 20.5 Å². The standard InChI is InChI=1S/C21H33N3O3.2ClH/c1-15-12-24(13-16(2)27-15)14-19-6-4-3-5-18(19)11-23-21(25)20(22)17-7-9-26-10-8-17;;/h3-6,15-17,20H,7-14,22H2,1-2H3,(H,23,25);2*1H. The molecule has 0 bridgehead atoms. The van der Waals surface area contributed by atoms with Crippen molar-refractivity contribution in [3.8, 4) is 0 Å². The minimum absolute atomic E-state index is 0. The van der Waals surface area contributed by atoms with Gasteiger partial charge in [0.25, 0.3) is 0 Å². The Morgan fingerprint density at radius 1 is 1.14 bits per heavy atom. The van der Waals surface area contributed by atoms with Crippen LogP contribution in [0.25, 0.3) is 0 Å². The number of carbonyl (C=O) groups is 1. The molecule has 3 unspecified atom stereocenters. The van der Waals surface area contributed by atoms with Crippen LogP contribution in [-0.2, 0) is 27.4 Å². The maximum atomic E-state index is 12.5. The smallest absolute Gasteiger partial charge is 0.237 e. The maximum Gasteiger partial charge on any atom is 0.237 e. The number of halogens is 2. The van der Waals surface area contributed by atoms with Gasteiger partial charge in [-0.3, -0.25) is 9.69 Å². The fourth-order valence-electron chi connectivity index (χ4n) is 4.13. The summed E-state index contributed by atoms with van der Waals surface area (Å²) in [6, 6.07) is 7.85. The number of ether oxygens (including phenoxy) is 2. The Hall–Kier alpha value is -0.890. The van der Waals surface area contributed by atoms with Gasteiger partial charge in [-0.15, -0.1) is 24.8 Å². The van der Waals surface area contributed by atoms with Gasteiger partial charge in [0.2, 0.25) is 5.91 Å². The summed E-state index contributed by atoms with van der Waals surface area (Å²) in [7, 11) is 0. The van der Waals surface area contributed by atoms with Crippen LogP contribution in [0.1, 0.15) is 37.8 Å². The van der Waals surface area contributed by atoms with E-state index in [1.807, 2.05) is 6.07 Å². The van der Waals surface area contributed by atoms with Gasteiger partial charge >= 0.3 is 0 Å². The van der Waals surface area contributed by atoms with Crippen molar-refractivity contribution in [1.29, 1.82) is 0 Å². The van der Waals surface area contributed by atoms with Crippen LogP contribution >= 0.6 is 24.8 Å². The highest BCUT2D eigenvalue weighted by molar-refractivity contribution is 5.85. The number of carbonyl (C=O) groups excluding carboxylic acids is 1. The number of hydrogen-bond acceptors (Lipinski definition) is 5. The van der Waals surface area contributed by atoms with E-state index < -0.39 is 6.04 Å². The minimum atomic E-state index is -0.456. The molecule has 1 aromatic carbocycles. The van der Waals surface area contributed by atoms with Crippen LogP contribution in [0.2, 0.25) is 0 Å². The van der Waals surface area contributed by atoms with E-state index in [1.54, 1.807) is 0 Å². The van der Waals surface area contributed by atoms with E-state index in [4.69, 9.17) is 15.2 Å². The first-order chi connectivity index (χ1) is 13.0. The molecule has 3 rings (SSSR count). The predicted octanol–water partition coefficient (Wildman–Crippen LogP) is 2.51. The number of benzene rings is 1. The molecule has 2 saturated heterocycles. The molecule has 1 amide bonds. The second-order valence-electron chi connectivity index (χ2n) is 7.91. The molecule has 1 aromatic rings. The normalized spacial score (nSPS) is 24.1. The zero-order valence-corrected chi connectivity index (χ0v) is 19.0. The zero-order valence-electron chi connectivity index (χ0n) is 17.3. The first-order valence-electron chi connectivity index (χ1n) is 10.1. The lowest BCUT2D eigenvalue weighted by Gasteiger charge is -2.35. The molecule has 8 heteroatoms. The van der Waals surface area contributed by atoms with Crippen LogP contribution in [0.4, 0.5) is 0 Å². The average molecular weight is 448 g/mol. The SMILES string of the molecule is CC1CN(Cc2ccccc2CNC(=O)C(N)C2CCOCC2)CC(C)O1.Cl.Cl. The van der Waals surface area contributed by atoms with Gasteiger partial charge in [-0.2, -0.15) is 0 Å². The third kappa shape index (κ3) is 7.70. The van der Waals surface area contributed by atoms with Crippen molar-refractivity contribution >= 4 is 30.7 Å². The van der Waals surface area contributed by atoms with Gasteiger partial charge in [-0.1, -0.05) is 24.3 Å². The van der Waals surface area contributed by atoms with Crippen LogP contribution in [0.5, 0.6) is 0 Å². The van der Waals surface area contributed by atoms with E-state index in [0.717, 1.165) is 38.0 Å². The predicted molar refractivity (Wildman–Crippen MR) is 120 cm³/mol. The molecule has 0 aromatic heterocycles. The Morgan fingerprint density at radius 3 is 2.34 bits per heavy atom. The third-order valence-electron chi connectivity index (χ3n) is 5.54. The Morgan fingerprint density at radius 2 is 1.72 bits per heavy atom. The van der Waals surface area contributed by atoms with Crippen molar-refractivity contribution in [2.24, 2.45) is 11.7 Å². The van der Waals surface area contributed by atoms with Gasteiger partial charge in [0.15, 0.2) is 0 Å². The number of nitrogens with two attached hydrogens (primary N) is 1. The fraction of sp³-hybridized carbons (Fsp3) is 0.667. The third-order valence-corrected chi connectivity index (χ3v) is 5.54. The van der Waals surface area contributed by atoms with Crippen molar-refractivity contribution in [2.75, 3.05) is 26.3 Å². The first-order valence-corrected chi connectivity index (χ1v) is 10.1. The van der Waals surface area contributed by atoms with Crippen LogP contribution in [0.3, 0.4) is 0 Å². The summed E-state index contributed by atoms with van der Waals surface area (Å²) < 4.78 is 11.2. The first kappa shape index (κ1) is 26.1. The number of morpholine rings is 1. The molecule has 2 aliphatic rings. The Kier molecular flexibility index (Phi) is 11.5. The summed E-state index contributed by atoms with van der Waals surface area (Å²) >= 11 is 0. The zero-order chi connectivity index (χ0) is 19.2. The lowest BCUT2D eigenvalue weighted by atomic mass is 9.92. The van der Waals surface area contributed by atoms with E-state index in [-0.39, 0.29) is 48.8 Å². The summed E-state index contributed by atoms with van der Waals surface area (Å²) in [6.45, 7) is 8.88. The number of nitrogens with zero attached hydrogens (tertiary/aromatic N) is 1. The fourth-order valence-corrected chi connectivity index (χ4v) is 4.13. The van der Waals surface area contributed by atoms with Gasteiger partial charge in [-0.05, 0) is 43.7 Å². The molecule has 2 fully saturated rings. The molecule has 2 aliphatic heterocycles. The number of nitrogens with one attached hydrogen (secondary N) is 1. The van der Waals surface area contributed by atoms with Crippen LogP contribution in [-0.4, -0.2) is 55.4 Å². The molecule has 166 valence electrons. The molecule has 0 aliphatic carbocycles. The molecule has 29 heavy (non-hydrogen) atoms. The van der Waals surface area contributed by atoms with Crippen LogP contribution < -0.4 is 11.1 Å². The van der Waals surface area contributed by atoms with E-state index in [0.29, 0.717) is 19.8 Å². The Balaban J connectivity index is 0.00000210. The largest absolute Gasteiger partial charge is 0.381 e. The highest BCUT2D eigenvalue weighted by atomic mass is 35.5. The topological polar surface area (TPSA) is 76.8 Å². The second-order valence-corrected chi connectivity index (χ2v) is 7.91. The molecule has 0 saturated carbocycles. The van der Waals surface area contributed by atoms with E-state index >= 15 is 0 Å². The van der Waals surface area contributed by atoms with Gasteiger partial charge in [0.05, 0.1) is 18.2 Å². The molecular formula is C21H35Cl2N3O3. The Bertz CT molecular complexity index is 619. The van der Waals surface area contributed by atoms with Crippen molar-refractivity contribution in [3.05, 3.63) is 35.4 Å². The number of amides is 1. The lowest BCUT2D eigenvalue weighted by molar-refractivity contribution is -0.124. The van der Waals surface area contributed by atoms with E-state index in [9.17, 15) is 4.79 Å². The van der Waals surface area contributed by atoms with Crippen molar-refractivity contribution in [1.82, 2.24) is 10.2 Å². The highest BCUT2D eigenvalue weighted by Crippen LogP contribution is 2.19. The number of rotatable bonds is 6. The Labute approximate surface area is 186 Å². The molecule has 3 atom stereocenters. The van der Waals surface area contributed by atoms with Crippen LogP contribution in [0, 0.1) is 5.92 Å². The molecule has 3 N–H and O–H groups in total. The molecule has 0 spiro atoms. The van der Waals surface area contributed by atoms with Gasteiger partial charge in [0.1, 0.15) is 0 Å². The van der Waals surface area contributed by atoms with Crippen molar-refractivity contribution in [3.63, 3.8) is 0 Å². The highest BCUT2D eigenvalue weighted by Gasteiger charge is 2.27. The molecule has 0 radical (unpaired) electrons. The minimum Gasteiger partial charge on any atom is -0.381 e. The second kappa shape index (κ2) is 12.7. The maximum absolute atomic E-state index is 12.5. The summed E-state index contributed by atoms with van der Waals surface area (Å²) in [5, 5.41) is 3.04. The summed E-state index contributed by atoms with van der Waals surface area (Å²) in [6.07, 6.45) is 2.22. The van der Waals surface area contributed by atoms with Crippen LogP contribution in [0.15, 0.2) is 24.3 Å². The summed E-state index contributed by atoms with van der Waals surface area (Å²) in [5.41, 5.74) is 8.58. The monoisotopic (exact) mass is 447 g/mol. The van der Waals surface area contributed by atoms with Crippen molar-refractivity contribution in [2.45, 2.75) is 58.0 Å². The molecular weight excluding hydrogens is 413 g/mol. The quantitative estimate of drug-likeness (QED) is 0.700. The molecule has 6 nitrogen and oxygen atoms in total. The summed E-state index contributed by atoms with van der Waals surface area (Å²) in [5.74, 6) is 0.149. The summed E-state index contributed by atoms with van der Waals surface area (Å²) in [4.78, 5) is 14.9. The molecule has 2 heterocycles.